The molecule has 0 aliphatic heterocycles. The fraction of sp³-hybridized carbons (Fsp3) is 0.400. The van der Waals surface area contributed by atoms with E-state index in [4.69, 9.17) is 0 Å². The SMILES string of the molecule is Cc1ccc2c(c1)cc(C)n2CCCCC(=O)[O-].[Na+]. The average Bonchev–Trinajstić information content (AvgIpc) is 2.59. The number of aromatic nitrogens is 1. The monoisotopic (exact) mass is 267 g/mol. The van der Waals surface area contributed by atoms with Crippen molar-refractivity contribution in [3.05, 3.63) is 35.5 Å². The van der Waals surface area contributed by atoms with Crippen LogP contribution in [0.2, 0.25) is 0 Å². The van der Waals surface area contributed by atoms with Crippen LogP contribution in [0.25, 0.3) is 10.9 Å². The quantitative estimate of drug-likeness (QED) is 0.525. The van der Waals surface area contributed by atoms with Gasteiger partial charge in [0.2, 0.25) is 0 Å². The summed E-state index contributed by atoms with van der Waals surface area (Å²) < 4.78 is 2.25. The third-order valence-corrected chi connectivity index (χ3v) is 3.28. The number of carbonyl (C=O) groups is 1. The summed E-state index contributed by atoms with van der Waals surface area (Å²) in [6.45, 7) is 5.05. The van der Waals surface area contributed by atoms with Crippen molar-refractivity contribution in [1.82, 2.24) is 4.57 Å². The van der Waals surface area contributed by atoms with Crippen molar-refractivity contribution in [3.8, 4) is 0 Å². The number of aryl methyl sites for hydroxylation is 3. The zero-order valence-electron chi connectivity index (χ0n) is 11.9. The molecule has 1 aromatic heterocycles. The summed E-state index contributed by atoms with van der Waals surface area (Å²) in [6.07, 6.45) is 1.69. The van der Waals surface area contributed by atoms with Crippen LogP contribution in [-0.2, 0) is 11.3 Å². The first kappa shape index (κ1) is 16.3. The van der Waals surface area contributed by atoms with Crippen molar-refractivity contribution in [2.24, 2.45) is 0 Å². The Morgan fingerprint density at radius 3 is 2.63 bits per heavy atom. The summed E-state index contributed by atoms with van der Waals surface area (Å²) in [5.41, 5.74) is 3.72. The molecule has 4 heteroatoms. The third kappa shape index (κ3) is 4.10. The van der Waals surface area contributed by atoms with Gasteiger partial charge in [-0.3, -0.25) is 0 Å². The minimum atomic E-state index is -0.959. The number of nitrogens with zero attached hydrogens (tertiary/aromatic N) is 1. The standard InChI is InChI=1S/C15H19NO2.Na/c1-11-6-7-14-13(9-11)10-12(2)16(14)8-4-3-5-15(17)18;/h6-7,9-10H,3-5,8H2,1-2H3,(H,17,18);/q;+1/p-1. The van der Waals surface area contributed by atoms with E-state index in [2.05, 4.69) is 42.7 Å². The molecular weight excluding hydrogens is 249 g/mol. The molecule has 2 aromatic rings. The van der Waals surface area contributed by atoms with Gasteiger partial charge in [-0.2, -0.15) is 0 Å². The van der Waals surface area contributed by atoms with Crippen LogP contribution in [0, 0.1) is 13.8 Å². The smallest absolute Gasteiger partial charge is 0.550 e. The Bertz CT molecular complexity index is 575. The van der Waals surface area contributed by atoms with Crippen LogP contribution >= 0.6 is 0 Å². The number of hydrogen-bond acceptors (Lipinski definition) is 2. The minimum Gasteiger partial charge on any atom is -0.550 e. The van der Waals surface area contributed by atoms with Gasteiger partial charge in [-0.1, -0.05) is 11.6 Å². The maximum Gasteiger partial charge on any atom is 1.00 e. The van der Waals surface area contributed by atoms with Gasteiger partial charge in [0, 0.05) is 29.1 Å². The Balaban J connectivity index is 0.00000180. The summed E-state index contributed by atoms with van der Waals surface area (Å²) in [5, 5.41) is 11.6. The molecule has 0 radical (unpaired) electrons. The van der Waals surface area contributed by atoms with Crippen LogP contribution in [0.1, 0.15) is 30.5 Å². The summed E-state index contributed by atoms with van der Waals surface area (Å²) in [5.74, 6) is -0.959. The van der Waals surface area contributed by atoms with E-state index in [0.29, 0.717) is 6.42 Å². The van der Waals surface area contributed by atoms with Crippen LogP contribution in [0.3, 0.4) is 0 Å². The van der Waals surface area contributed by atoms with Crippen molar-refractivity contribution in [2.45, 2.75) is 39.7 Å². The number of rotatable bonds is 5. The van der Waals surface area contributed by atoms with Crippen LogP contribution in [0.4, 0.5) is 0 Å². The molecule has 2 rings (SSSR count). The van der Waals surface area contributed by atoms with Gasteiger partial charge >= 0.3 is 29.6 Å². The Kier molecular flexibility index (Phi) is 6.11. The number of benzene rings is 1. The predicted molar refractivity (Wildman–Crippen MR) is 70.3 cm³/mol. The van der Waals surface area contributed by atoms with Crippen molar-refractivity contribution in [3.63, 3.8) is 0 Å². The number of carboxylic acids is 1. The predicted octanol–water partition coefficient (Wildman–Crippen LogP) is -0.818. The van der Waals surface area contributed by atoms with Crippen LogP contribution in [0.15, 0.2) is 24.3 Å². The number of carboxylic acid groups (broad SMARTS) is 1. The van der Waals surface area contributed by atoms with Crippen molar-refractivity contribution in [2.75, 3.05) is 0 Å². The van der Waals surface area contributed by atoms with E-state index >= 15 is 0 Å². The largest absolute Gasteiger partial charge is 1.00 e. The van der Waals surface area contributed by atoms with E-state index < -0.39 is 5.97 Å². The molecule has 0 aliphatic rings. The second kappa shape index (κ2) is 7.13. The molecule has 0 saturated carbocycles. The molecule has 0 aliphatic carbocycles. The van der Waals surface area contributed by atoms with Gasteiger partial charge < -0.3 is 14.5 Å². The summed E-state index contributed by atoms with van der Waals surface area (Å²) >= 11 is 0. The number of aliphatic carboxylic acids is 1. The van der Waals surface area contributed by atoms with Crippen LogP contribution < -0.4 is 34.7 Å². The molecule has 3 nitrogen and oxygen atoms in total. The molecule has 0 atom stereocenters. The van der Waals surface area contributed by atoms with Crippen molar-refractivity contribution < 1.29 is 39.5 Å². The summed E-state index contributed by atoms with van der Waals surface area (Å²) in [4.78, 5) is 10.4. The second-order valence-corrected chi connectivity index (χ2v) is 4.83. The Hall–Kier alpha value is -0.770. The second-order valence-electron chi connectivity index (χ2n) is 4.83. The van der Waals surface area contributed by atoms with Gasteiger partial charge in [-0.15, -0.1) is 0 Å². The van der Waals surface area contributed by atoms with Gasteiger partial charge in [-0.05, 0) is 51.3 Å². The van der Waals surface area contributed by atoms with Gasteiger partial charge in [0.25, 0.3) is 0 Å². The Morgan fingerprint density at radius 2 is 1.95 bits per heavy atom. The number of fused-ring (bicyclic) bond motifs is 1. The molecule has 19 heavy (non-hydrogen) atoms. The van der Waals surface area contributed by atoms with Gasteiger partial charge in [0.1, 0.15) is 0 Å². The van der Waals surface area contributed by atoms with Gasteiger partial charge in [-0.25, -0.2) is 0 Å². The summed E-state index contributed by atoms with van der Waals surface area (Å²) in [6, 6.07) is 8.61. The molecule has 0 unspecified atom stereocenters. The fourth-order valence-corrected chi connectivity index (χ4v) is 2.36. The molecule has 96 valence electrons. The molecule has 0 amide bonds. The van der Waals surface area contributed by atoms with Gasteiger partial charge in [0.05, 0.1) is 0 Å². The molecule has 0 saturated heterocycles. The first-order valence-corrected chi connectivity index (χ1v) is 6.34. The van der Waals surface area contributed by atoms with E-state index in [1.165, 1.54) is 22.2 Å². The molecule has 1 aromatic carbocycles. The zero-order chi connectivity index (χ0) is 13.1. The maximum absolute atomic E-state index is 10.4. The van der Waals surface area contributed by atoms with E-state index in [-0.39, 0.29) is 36.0 Å². The molecule has 0 N–H and O–H groups in total. The normalized spacial score (nSPS) is 10.4. The Labute approximate surface area is 135 Å². The van der Waals surface area contributed by atoms with Crippen LogP contribution in [0.5, 0.6) is 0 Å². The minimum absolute atomic E-state index is 0. The molecule has 0 bridgehead atoms. The molecule has 0 spiro atoms. The Morgan fingerprint density at radius 1 is 1.21 bits per heavy atom. The number of carbonyl (C=O) groups excluding carboxylic acids is 1. The molecule has 0 fully saturated rings. The maximum atomic E-state index is 10.4. The molecular formula is C15H18NNaO2. The topological polar surface area (TPSA) is 45.1 Å². The van der Waals surface area contributed by atoms with E-state index in [1.54, 1.807) is 0 Å². The first-order chi connectivity index (χ1) is 8.58. The van der Waals surface area contributed by atoms with Gasteiger partial charge in [0.15, 0.2) is 0 Å². The van der Waals surface area contributed by atoms with Crippen molar-refractivity contribution in [1.29, 1.82) is 0 Å². The first-order valence-electron chi connectivity index (χ1n) is 6.34. The molecule has 1 heterocycles. The fourth-order valence-electron chi connectivity index (χ4n) is 2.36. The van der Waals surface area contributed by atoms with E-state index in [0.717, 1.165) is 13.0 Å². The van der Waals surface area contributed by atoms with E-state index in [9.17, 15) is 9.90 Å². The number of unbranched alkanes of at least 4 members (excludes halogenated alkanes) is 1. The number of hydrogen-bond donors (Lipinski definition) is 0. The summed E-state index contributed by atoms with van der Waals surface area (Å²) in [7, 11) is 0. The zero-order valence-corrected chi connectivity index (χ0v) is 13.9. The van der Waals surface area contributed by atoms with Crippen molar-refractivity contribution >= 4 is 16.9 Å². The van der Waals surface area contributed by atoms with E-state index in [1.807, 2.05) is 0 Å². The third-order valence-electron chi connectivity index (χ3n) is 3.28. The average molecular weight is 267 g/mol. The van der Waals surface area contributed by atoms with Crippen LogP contribution in [-0.4, -0.2) is 10.5 Å².